The molecule has 2 aromatic heterocycles. The number of nitrogens with one attached hydrogen (secondary N) is 1. The zero-order valence-electron chi connectivity index (χ0n) is 12.8. The molecule has 0 saturated carbocycles. The van der Waals surface area contributed by atoms with Gasteiger partial charge in [-0.25, -0.2) is 15.0 Å². The van der Waals surface area contributed by atoms with Gasteiger partial charge in [0.25, 0.3) is 0 Å². The number of piperidine rings is 1. The van der Waals surface area contributed by atoms with Crippen LogP contribution in [-0.2, 0) is 11.2 Å². The molecular weight excluding hydrogens is 310 g/mol. The fraction of sp³-hybridized carbons (Fsp3) is 0.375. The van der Waals surface area contributed by atoms with E-state index in [1.807, 2.05) is 16.3 Å². The third-order valence-electron chi connectivity index (χ3n) is 3.89. The summed E-state index contributed by atoms with van der Waals surface area (Å²) in [5.74, 6) is 1.19. The molecular formula is C16H19N5OS. The smallest absolute Gasteiger partial charge is 0.245 e. The van der Waals surface area contributed by atoms with E-state index < -0.39 is 0 Å². The van der Waals surface area contributed by atoms with E-state index in [9.17, 15) is 4.79 Å². The SMILES string of the molecule is C=CC(=O)N1CCC[C@H](Cc2cc(Nc3nccs3)ncn2)C1. The number of amides is 1. The number of hydrogen-bond acceptors (Lipinski definition) is 6. The second-order valence-corrected chi connectivity index (χ2v) is 6.45. The summed E-state index contributed by atoms with van der Waals surface area (Å²) >= 11 is 1.53. The van der Waals surface area contributed by atoms with E-state index in [4.69, 9.17) is 0 Å². The van der Waals surface area contributed by atoms with Crippen LogP contribution in [-0.4, -0.2) is 38.8 Å². The molecule has 6 nitrogen and oxygen atoms in total. The third kappa shape index (κ3) is 4.13. The predicted molar refractivity (Wildman–Crippen MR) is 90.6 cm³/mol. The standard InChI is InChI=1S/C16H19N5OS/c1-2-15(22)21-6-3-4-12(10-21)8-13-9-14(19-11-18-13)20-16-17-5-7-23-16/h2,5,7,9,11-12H,1,3-4,6,8,10H2,(H,17,18,19,20)/t12-/m1/s1. The highest BCUT2D eigenvalue weighted by Crippen LogP contribution is 2.22. The maximum Gasteiger partial charge on any atom is 0.245 e. The van der Waals surface area contributed by atoms with Crippen LogP contribution in [0.25, 0.3) is 0 Å². The zero-order valence-corrected chi connectivity index (χ0v) is 13.6. The van der Waals surface area contributed by atoms with Crippen molar-refractivity contribution in [3.05, 3.63) is 42.3 Å². The van der Waals surface area contributed by atoms with Crippen molar-refractivity contribution < 1.29 is 4.79 Å². The molecule has 23 heavy (non-hydrogen) atoms. The zero-order chi connectivity index (χ0) is 16.1. The summed E-state index contributed by atoms with van der Waals surface area (Å²) in [5, 5.41) is 5.91. The molecule has 0 radical (unpaired) electrons. The second-order valence-electron chi connectivity index (χ2n) is 5.56. The molecule has 3 heterocycles. The Kier molecular flexibility index (Phi) is 4.97. The summed E-state index contributed by atoms with van der Waals surface area (Å²) in [5.41, 5.74) is 0.983. The van der Waals surface area contributed by atoms with E-state index in [1.54, 1.807) is 12.5 Å². The van der Waals surface area contributed by atoms with Gasteiger partial charge in [-0.05, 0) is 31.3 Å². The lowest BCUT2D eigenvalue weighted by Crippen LogP contribution is -2.39. The molecule has 1 atom stereocenters. The first-order chi connectivity index (χ1) is 11.2. The van der Waals surface area contributed by atoms with Crippen LogP contribution in [0.1, 0.15) is 18.5 Å². The van der Waals surface area contributed by atoms with Gasteiger partial charge in [-0.1, -0.05) is 6.58 Å². The van der Waals surface area contributed by atoms with Crippen molar-refractivity contribution in [2.75, 3.05) is 18.4 Å². The van der Waals surface area contributed by atoms with Crippen molar-refractivity contribution in [1.29, 1.82) is 0 Å². The van der Waals surface area contributed by atoms with Gasteiger partial charge in [0.05, 0.1) is 0 Å². The van der Waals surface area contributed by atoms with E-state index in [2.05, 4.69) is 26.8 Å². The minimum Gasteiger partial charge on any atom is -0.339 e. The van der Waals surface area contributed by atoms with E-state index in [0.717, 1.165) is 49.0 Å². The predicted octanol–water partition coefficient (Wildman–Crippen LogP) is 2.64. The van der Waals surface area contributed by atoms with Crippen molar-refractivity contribution in [3.8, 4) is 0 Å². The molecule has 0 unspecified atom stereocenters. The largest absolute Gasteiger partial charge is 0.339 e. The highest BCUT2D eigenvalue weighted by atomic mass is 32.1. The van der Waals surface area contributed by atoms with Gasteiger partial charge in [-0.15, -0.1) is 11.3 Å². The number of carbonyl (C=O) groups excluding carboxylic acids is 1. The molecule has 120 valence electrons. The average molecular weight is 329 g/mol. The Morgan fingerprint density at radius 1 is 1.48 bits per heavy atom. The summed E-state index contributed by atoms with van der Waals surface area (Å²) in [6.07, 6.45) is 7.70. The van der Waals surface area contributed by atoms with Crippen LogP contribution in [0, 0.1) is 5.92 Å². The maximum absolute atomic E-state index is 11.8. The molecule has 0 aromatic carbocycles. The van der Waals surface area contributed by atoms with Crippen LogP contribution in [0.5, 0.6) is 0 Å². The van der Waals surface area contributed by atoms with Gasteiger partial charge < -0.3 is 10.2 Å². The molecule has 7 heteroatoms. The Hall–Kier alpha value is -2.28. The number of hydrogen-bond donors (Lipinski definition) is 1. The summed E-state index contributed by atoms with van der Waals surface area (Å²) in [7, 11) is 0. The topological polar surface area (TPSA) is 71.0 Å². The van der Waals surface area contributed by atoms with Crippen molar-refractivity contribution in [2.24, 2.45) is 5.92 Å². The van der Waals surface area contributed by atoms with Crippen LogP contribution < -0.4 is 5.32 Å². The Balaban J connectivity index is 1.63. The van der Waals surface area contributed by atoms with Crippen LogP contribution in [0.2, 0.25) is 0 Å². The molecule has 1 aliphatic rings. The lowest BCUT2D eigenvalue weighted by Gasteiger charge is -2.32. The number of carbonyl (C=O) groups is 1. The Labute approximate surface area is 139 Å². The van der Waals surface area contributed by atoms with Crippen molar-refractivity contribution in [3.63, 3.8) is 0 Å². The van der Waals surface area contributed by atoms with E-state index in [-0.39, 0.29) is 5.91 Å². The van der Waals surface area contributed by atoms with Crippen LogP contribution >= 0.6 is 11.3 Å². The van der Waals surface area contributed by atoms with Gasteiger partial charge in [0.1, 0.15) is 12.1 Å². The molecule has 1 amide bonds. The number of thiazole rings is 1. The summed E-state index contributed by atoms with van der Waals surface area (Å²) in [6.45, 7) is 5.16. The molecule has 1 fully saturated rings. The number of anilines is 2. The maximum atomic E-state index is 11.8. The van der Waals surface area contributed by atoms with Crippen molar-refractivity contribution in [1.82, 2.24) is 19.9 Å². The van der Waals surface area contributed by atoms with Gasteiger partial charge in [0, 0.05) is 36.4 Å². The van der Waals surface area contributed by atoms with E-state index in [0.29, 0.717) is 5.92 Å². The summed E-state index contributed by atoms with van der Waals surface area (Å²) in [6, 6.07) is 1.95. The average Bonchev–Trinajstić information content (AvgIpc) is 3.07. The minimum absolute atomic E-state index is 0.0171. The molecule has 0 bridgehead atoms. The molecule has 1 aliphatic heterocycles. The van der Waals surface area contributed by atoms with Gasteiger partial charge in [-0.3, -0.25) is 4.79 Å². The number of aromatic nitrogens is 3. The molecule has 2 aromatic rings. The molecule has 1 N–H and O–H groups in total. The first-order valence-electron chi connectivity index (χ1n) is 7.63. The lowest BCUT2D eigenvalue weighted by atomic mass is 9.93. The van der Waals surface area contributed by atoms with Crippen LogP contribution in [0.4, 0.5) is 10.9 Å². The quantitative estimate of drug-likeness (QED) is 0.854. The second kappa shape index (κ2) is 7.32. The number of rotatable bonds is 5. The summed E-state index contributed by atoms with van der Waals surface area (Å²) in [4.78, 5) is 26.4. The monoisotopic (exact) mass is 329 g/mol. The van der Waals surface area contributed by atoms with Gasteiger partial charge in [0.15, 0.2) is 5.13 Å². The van der Waals surface area contributed by atoms with Crippen molar-refractivity contribution >= 4 is 28.2 Å². The van der Waals surface area contributed by atoms with E-state index >= 15 is 0 Å². The van der Waals surface area contributed by atoms with Crippen molar-refractivity contribution in [2.45, 2.75) is 19.3 Å². The third-order valence-corrected chi connectivity index (χ3v) is 4.58. The Morgan fingerprint density at radius 2 is 2.39 bits per heavy atom. The Bertz CT molecular complexity index is 673. The molecule has 3 rings (SSSR count). The summed E-state index contributed by atoms with van der Waals surface area (Å²) < 4.78 is 0. The van der Waals surface area contributed by atoms with Gasteiger partial charge in [-0.2, -0.15) is 0 Å². The fourth-order valence-corrected chi connectivity index (χ4v) is 3.36. The van der Waals surface area contributed by atoms with Gasteiger partial charge in [0.2, 0.25) is 5.91 Å². The highest BCUT2D eigenvalue weighted by Gasteiger charge is 2.22. The highest BCUT2D eigenvalue weighted by molar-refractivity contribution is 7.13. The first kappa shape index (κ1) is 15.6. The molecule has 0 aliphatic carbocycles. The molecule has 0 spiro atoms. The first-order valence-corrected chi connectivity index (χ1v) is 8.51. The van der Waals surface area contributed by atoms with Crippen LogP contribution in [0.3, 0.4) is 0 Å². The molecule has 1 saturated heterocycles. The number of likely N-dealkylation sites (tertiary alicyclic amines) is 1. The van der Waals surface area contributed by atoms with Crippen LogP contribution in [0.15, 0.2) is 36.6 Å². The minimum atomic E-state index is 0.0171. The normalized spacial score (nSPS) is 17.7. The van der Waals surface area contributed by atoms with E-state index in [1.165, 1.54) is 17.4 Å². The fourth-order valence-electron chi connectivity index (χ4n) is 2.83. The lowest BCUT2D eigenvalue weighted by molar-refractivity contribution is -0.127. The van der Waals surface area contributed by atoms with Gasteiger partial charge >= 0.3 is 0 Å². The number of nitrogens with zero attached hydrogens (tertiary/aromatic N) is 4. The Morgan fingerprint density at radius 3 is 3.17 bits per heavy atom.